The standard InChI is InChI=1S/C27H24ClFN6O3/c28-18-12-19(29)20(31-26(37)16-3-1-4-17(11-16)27(30)9-2-10-27)13-21(18)38-24-8-7-23-32-22(14-35(23)34-24)33-25(36)15-5-6-15/h1,3-4,7-8,11-15H,2,5-6,9-10,30H2,(H,31,37)(H,33,36). The summed E-state index contributed by atoms with van der Waals surface area (Å²) in [7, 11) is 0. The van der Waals surface area contributed by atoms with E-state index in [2.05, 4.69) is 20.7 Å². The highest BCUT2D eigenvalue weighted by atomic mass is 35.5. The molecule has 0 saturated heterocycles. The van der Waals surface area contributed by atoms with E-state index in [1.807, 2.05) is 6.07 Å². The van der Waals surface area contributed by atoms with Crippen LogP contribution in [0.25, 0.3) is 5.65 Å². The molecule has 2 saturated carbocycles. The van der Waals surface area contributed by atoms with Crippen molar-refractivity contribution in [2.75, 3.05) is 10.6 Å². The Balaban J connectivity index is 1.20. The number of hydrogen-bond acceptors (Lipinski definition) is 6. The zero-order valence-electron chi connectivity index (χ0n) is 20.2. The number of anilines is 2. The van der Waals surface area contributed by atoms with Gasteiger partial charge in [-0.05, 0) is 61.9 Å². The maximum absolute atomic E-state index is 14.7. The number of imidazole rings is 1. The molecule has 2 aliphatic carbocycles. The van der Waals surface area contributed by atoms with E-state index in [4.69, 9.17) is 22.1 Å². The highest BCUT2D eigenvalue weighted by Gasteiger charge is 2.34. The molecule has 2 aromatic carbocycles. The summed E-state index contributed by atoms with van der Waals surface area (Å²) in [6.07, 6.45) is 6.12. The van der Waals surface area contributed by atoms with Crippen LogP contribution < -0.4 is 21.1 Å². The average Bonchev–Trinajstić information content (AvgIpc) is 3.66. The van der Waals surface area contributed by atoms with E-state index in [0.29, 0.717) is 17.0 Å². The zero-order valence-corrected chi connectivity index (χ0v) is 21.0. The third-order valence-corrected chi connectivity index (χ3v) is 7.22. The molecule has 2 amide bonds. The van der Waals surface area contributed by atoms with Crippen molar-refractivity contribution in [1.82, 2.24) is 14.6 Å². The number of amides is 2. The summed E-state index contributed by atoms with van der Waals surface area (Å²) in [5.41, 5.74) is 7.64. The van der Waals surface area contributed by atoms with E-state index in [1.54, 1.807) is 36.5 Å². The van der Waals surface area contributed by atoms with Gasteiger partial charge in [-0.3, -0.25) is 9.59 Å². The van der Waals surface area contributed by atoms with Crippen LogP contribution in [0.1, 0.15) is 48.0 Å². The average molecular weight is 535 g/mol. The van der Waals surface area contributed by atoms with Gasteiger partial charge in [0, 0.05) is 29.2 Å². The molecule has 38 heavy (non-hydrogen) atoms. The highest BCUT2D eigenvalue weighted by Crippen LogP contribution is 2.39. The molecule has 0 aliphatic heterocycles. The number of carbonyl (C=O) groups excluding carboxylic acids is 2. The van der Waals surface area contributed by atoms with E-state index < -0.39 is 17.3 Å². The van der Waals surface area contributed by atoms with Crippen LogP contribution in [0.4, 0.5) is 15.9 Å². The number of carbonyl (C=O) groups is 2. The van der Waals surface area contributed by atoms with Crippen molar-refractivity contribution in [2.45, 2.75) is 37.6 Å². The van der Waals surface area contributed by atoms with Crippen LogP contribution in [-0.4, -0.2) is 26.4 Å². The predicted molar refractivity (Wildman–Crippen MR) is 140 cm³/mol. The summed E-state index contributed by atoms with van der Waals surface area (Å²) in [4.78, 5) is 29.3. The largest absolute Gasteiger partial charge is 0.436 e. The van der Waals surface area contributed by atoms with Crippen molar-refractivity contribution < 1.29 is 18.7 Å². The fourth-order valence-electron chi connectivity index (χ4n) is 4.38. The van der Waals surface area contributed by atoms with Crippen molar-refractivity contribution >= 4 is 40.6 Å². The molecule has 4 aromatic rings. The summed E-state index contributed by atoms with van der Waals surface area (Å²) in [6, 6.07) is 12.7. The summed E-state index contributed by atoms with van der Waals surface area (Å²) in [5.74, 6) is -0.570. The van der Waals surface area contributed by atoms with Gasteiger partial charge in [0.1, 0.15) is 11.6 Å². The van der Waals surface area contributed by atoms with E-state index in [1.165, 1.54) is 10.6 Å². The van der Waals surface area contributed by atoms with Gasteiger partial charge < -0.3 is 21.1 Å². The molecule has 0 spiro atoms. The Morgan fingerprint density at radius 3 is 2.68 bits per heavy atom. The number of hydrogen-bond donors (Lipinski definition) is 3. The lowest BCUT2D eigenvalue weighted by atomic mass is 9.72. The number of rotatable bonds is 7. The Morgan fingerprint density at radius 2 is 1.95 bits per heavy atom. The first-order valence-electron chi connectivity index (χ1n) is 12.3. The van der Waals surface area contributed by atoms with Crippen LogP contribution in [-0.2, 0) is 10.3 Å². The zero-order chi connectivity index (χ0) is 26.4. The summed E-state index contributed by atoms with van der Waals surface area (Å²) in [5, 5.41) is 9.70. The lowest BCUT2D eigenvalue weighted by molar-refractivity contribution is -0.117. The van der Waals surface area contributed by atoms with Crippen molar-refractivity contribution in [3.8, 4) is 11.6 Å². The molecule has 0 bridgehead atoms. The number of aromatic nitrogens is 3. The Labute approximate surface area is 222 Å². The number of nitrogens with one attached hydrogen (secondary N) is 2. The molecule has 2 fully saturated rings. The molecule has 2 aromatic heterocycles. The third-order valence-electron chi connectivity index (χ3n) is 6.92. The third kappa shape index (κ3) is 4.80. The minimum absolute atomic E-state index is 0.00228. The van der Waals surface area contributed by atoms with Crippen LogP contribution in [0.2, 0.25) is 5.02 Å². The lowest BCUT2D eigenvalue weighted by Gasteiger charge is -2.38. The minimum Gasteiger partial charge on any atom is -0.436 e. The fraction of sp³-hybridized carbons (Fsp3) is 0.259. The van der Waals surface area contributed by atoms with Gasteiger partial charge in [-0.15, -0.1) is 5.10 Å². The summed E-state index contributed by atoms with van der Waals surface area (Å²) in [6.45, 7) is 0. The van der Waals surface area contributed by atoms with Gasteiger partial charge in [0.25, 0.3) is 5.91 Å². The van der Waals surface area contributed by atoms with E-state index in [-0.39, 0.29) is 34.2 Å². The topological polar surface area (TPSA) is 124 Å². The highest BCUT2D eigenvalue weighted by molar-refractivity contribution is 6.32. The molecule has 6 rings (SSSR count). The molecule has 4 N–H and O–H groups in total. The Bertz CT molecular complexity index is 1580. The maximum atomic E-state index is 14.7. The number of nitrogens with zero attached hydrogens (tertiary/aromatic N) is 3. The number of ether oxygens (including phenoxy) is 1. The van der Waals surface area contributed by atoms with Crippen LogP contribution in [0.5, 0.6) is 11.6 Å². The summed E-state index contributed by atoms with van der Waals surface area (Å²) >= 11 is 6.23. The van der Waals surface area contributed by atoms with E-state index in [9.17, 15) is 14.0 Å². The molecule has 194 valence electrons. The molecule has 0 radical (unpaired) electrons. The van der Waals surface area contributed by atoms with Gasteiger partial charge in [0.2, 0.25) is 11.8 Å². The van der Waals surface area contributed by atoms with Gasteiger partial charge in [0.05, 0.1) is 16.9 Å². The predicted octanol–water partition coefficient (Wildman–Crippen LogP) is 5.25. The van der Waals surface area contributed by atoms with Crippen molar-refractivity contribution in [3.63, 3.8) is 0 Å². The normalized spacial score (nSPS) is 16.1. The van der Waals surface area contributed by atoms with Gasteiger partial charge in [0.15, 0.2) is 11.5 Å². The molecular weight excluding hydrogens is 511 g/mol. The number of halogens is 2. The Morgan fingerprint density at radius 1 is 1.13 bits per heavy atom. The molecule has 11 heteroatoms. The van der Waals surface area contributed by atoms with E-state index >= 15 is 0 Å². The first-order chi connectivity index (χ1) is 18.3. The van der Waals surface area contributed by atoms with Crippen molar-refractivity contribution in [2.24, 2.45) is 11.7 Å². The van der Waals surface area contributed by atoms with Crippen LogP contribution in [0.3, 0.4) is 0 Å². The molecule has 9 nitrogen and oxygen atoms in total. The van der Waals surface area contributed by atoms with Crippen molar-refractivity contribution in [3.05, 3.63) is 76.7 Å². The van der Waals surface area contributed by atoms with E-state index in [0.717, 1.165) is 43.7 Å². The number of fused-ring (bicyclic) bond motifs is 1. The molecule has 2 heterocycles. The SMILES string of the molecule is NC1(c2cccc(C(=O)Nc3cc(Oc4ccc5nc(NC(=O)C6CC6)cn5n4)c(Cl)cc3F)c2)CCC1. The maximum Gasteiger partial charge on any atom is 0.255 e. The first-order valence-corrected chi connectivity index (χ1v) is 12.7. The molecule has 0 atom stereocenters. The van der Waals surface area contributed by atoms with Crippen molar-refractivity contribution in [1.29, 1.82) is 0 Å². The smallest absolute Gasteiger partial charge is 0.255 e. The Kier molecular flexibility index (Phi) is 6.00. The second-order valence-corrected chi connectivity index (χ2v) is 10.2. The summed E-state index contributed by atoms with van der Waals surface area (Å²) < 4.78 is 22.0. The minimum atomic E-state index is -0.713. The molecule has 2 aliphatic rings. The quantitative estimate of drug-likeness (QED) is 0.297. The number of nitrogens with two attached hydrogens (primary N) is 1. The molecular formula is C27H24ClFN6O3. The van der Waals surface area contributed by atoms with Gasteiger partial charge in [-0.1, -0.05) is 23.7 Å². The van der Waals surface area contributed by atoms with Gasteiger partial charge in [-0.2, -0.15) is 0 Å². The van der Waals surface area contributed by atoms with Crippen LogP contribution in [0.15, 0.2) is 54.7 Å². The first kappa shape index (κ1) is 24.3. The number of benzene rings is 2. The van der Waals surface area contributed by atoms with Crippen LogP contribution >= 0.6 is 11.6 Å². The molecule has 0 unspecified atom stereocenters. The van der Waals surface area contributed by atoms with Gasteiger partial charge in [-0.25, -0.2) is 13.9 Å². The lowest BCUT2D eigenvalue weighted by Crippen LogP contribution is -2.43. The second-order valence-electron chi connectivity index (χ2n) is 9.77. The Hall–Kier alpha value is -4.02. The van der Waals surface area contributed by atoms with Gasteiger partial charge >= 0.3 is 0 Å². The monoisotopic (exact) mass is 534 g/mol. The fourth-order valence-corrected chi connectivity index (χ4v) is 4.57. The second kappa shape index (κ2) is 9.38. The van der Waals surface area contributed by atoms with Crippen LogP contribution in [0, 0.1) is 11.7 Å².